The van der Waals surface area contributed by atoms with Crippen molar-refractivity contribution in [1.29, 1.82) is 0 Å². The number of benzene rings is 1. The molecule has 7 nitrogen and oxygen atoms in total. The van der Waals surface area contributed by atoms with Crippen LogP contribution in [0, 0.1) is 13.8 Å². The molecule has 8 heteroatoms. The molecule has 1 unspecified atom stereocenters. The minimum Gasteiger partial charge on any atom is -0.482 e. The van der Waals surface area contributed by atoms with E-state index in [9.17, 15) is 9.59 Å². The van der Waals surface area contributed by atoms with E-state index in [1.54, 1.807) is 24.3 Å². The lowest BCUT2D eigenvalue weighted by molar-refractivity contribution is -0.149. The van der Waals surface area contributed by atoms with Gasteiger partial charge in [0.1, 0.15) is 18.4 Å². The number of thiazole rings is 1. The van der Waals surface area contributed by atoms with Crippen LogP contribution in [-0.2, 0) is 19.1 Å². The number of ether oxygens (including phenoxy) is 3. The fourth-order valence-corrected chi connectivity index (χ4v) is 3.82. The minimum atomic E-state index is -0.494. The lowest BCUT2D eigenvalue weighted by atomic mass is 10.1. The standard InChI is InChI=1S/C19H22N2O5S/c1-11(9-24-4)26-18(23)8-21-15-7-14(19-12(2)27-13(3)20-19)5-6-16(15)25-10-17(21)22/h5-7,11H,8-10H2,1-4H3. The van der Waals surface area contributed by atoms with Crippen molar-refractivity contribution in [1.82, 2.24) is 4.98 Å². The van der Waals surface area contributed by atoms with Gasteiger partial charge in [-0.1, -0.05) is 0 Å². The molecule has 144 valence electrons. The first-order chi connectivity index (χ1) is 12.9. The van der Waals surface area contributed by atoms with Crippen molar-refractivity contribution in [2.45, 2.75) is 26.9 Å². The third-order valence-corrected chi connectivity index (χ3v) is 4.99. The summed E-state index contributed by atoms with van der Waals surface area (Å²) in [6, 6.07) is 5.55. The molecule has 0 bridgehead atoms. The summed E-state index contributed by atoms with van der Waals surface area (Å²) in [7, 11) is 1.54. The van der Waals surface area contributed by atoms with Gasteiger partial charge in [0.2, 0.25) is 0 Å². The fourth-order valence-electron chi connectivity index (χ4n) is 2.98. The minimum absolute atomic E-state index is 0.109. The highest BCUT2D eigenvalue weighted by Crippen LogP contribution is 2.37. The first-order valence-corrected chi connectivity index (χ1v) is 9.40. The van der Waals surface area contributed by atoms with E-state index in [0.717, 1.165) is 21.1 Å². The van der Waals surface area contributed by atoms with Crippen LogP contribution in [0.2, 0.25) is 0 Å². The summed E-state index contributed by atoms with van der Waals surface area (Å²) in [6.07, 6.45) is -0.384. The maximum absolute atomic E-state index is 12.4. The van der Waals surface area contributed by atoms with Gasteiger partial charge in [-0.15, -0.1) is 11.3 Å². The molecule has 2 heterocycles. The first-order valence-electron chi connectivity index (χ1n) is 8.59. The summed E-state index contributed by atoms with van der Waals surface area (Å²) in [5.41, 5.74) is 2.29. The summed E-state index contributed by atoms with van der Waals surface area (Å²) < 4.78 is 15.8. The lowest BCUT2D eigenvalue weighted by Crippen LogP contribution is -2.43. The molecule has 0 aliphatic carbocycles. The normalized spacial score (nSPS) is 14.5. The number of aromatic nitrogens is 1. The Balaban J connectivity index is 1.87. The Bertz CT molecular complexity index is 864. The number of amides is 1. The van der Waals surface area contributed by atoms with Gasteiger partial charge < -0.3 is 14.2 Å². The largest absolute Gasteiger partial charge is 0.482 e. The Morgan fingerprint density at radius 2 is 2.19 bits per heavy atom. The molecule has 1 amide bonds. The third-order valence-electron chi connectivity index (χ3n) is 4.10. The van der Waals surface area contributed by atoms with E-state index in [-0.39, 0.29) is 25.2 Å². The molecule has 1 atom stereocenters. The molecule has 1 aromatic carbocycles. The number of esters is 1. The van der Waals surface area contributed by atoms with Gasteiger partial charge in [-0.25, -0.2) is 4.98 Å². The summed E-state index contributed by atoms with van der Waals surface area (Å²) in [6.45, 7) is 5.71. The van der Waals surface area contributed by atoms with E-state index in [0.29, 0.717) is 18.0 Å². The topological polar surface area (TPSA) is 78.0 Å². The average Bonchev–Trinajstić information content (AvgIpc) is 2.95. The van der Waals surface area contributed by atoms with E-state index >= 15 is 0 Å². The van der Waals surface area contributed by atoms with E-state index in [2.05, 4.69) is 4.98 Å². The molecule has 0 N–H and O–H groups in total. The monoisotopic (exact) mass is 390 g/mol. The Morgan fingerprint density at radius 1 is 1.41 bits per heavy atom. The van der Waals surface area contributed by atoms with Gasteiger partial charge in [0, 0.05) is 17.6 Å². The molecule has 1 aliphatic rings. The number of anilines is 1. The molecular formula is C19H22N2O5S. The summed E-state index contributed by atoms with van der Waals surface area (Å²) in [5.74, 6) is -0.227. The number of aryl methyl sites for hydroxylation is 2. The average molecular weight is 390 g/mol. The van der Waals surface area contributed by atoms with E-state index in [1.807, 2.05) is 26.0 Å². The molecule has 1 aromatic heterocycles. The van der Waals surface area contributed by atoms with Crippen LogP contribution >= 0.6 is 11.3 Å². The van der Waals surface area contributed by atoms with Gasteiger partial charge in [0.05, 0.1) is 23.0 Å². The van der Waals surface area contributed by atoms with Crippen LogP contribution in [-0.4, -0.2) is 49.8 Å². The molecule has 2 aromatic rings. The Kier molecular flexibility index (Phi) is 5.76. The Hall–Kier alpha value is -2.45. The van der Waals surface area contributed by atoms with Gasteiger partial charge in [0.15, 0.2) is 6.61 Å². The van der Waals surface area contributed by atoms with Crippen LogP contribution in [0.25, 0.3) is 11.3 Å². The van der Waals surface area contributed by atoms with Crippen LogP contribution in [0.4, 0.5) is 5.69 Å². The van der Waals surface area contributed by atoms with Gasteiger partial charge in [-0.3, -0.25) is 14.5 Å². The van der Waals surface area contributed by atoms with Crippen molar-refractivity contribution in [2.75, 3.05) is 31.8 Å². The smallest absolute Gasteiger partial charge is 0.326 e. The molecule has 0 fully saturated rings. The molecule has 0 spiro atoms. The molecule has 0 radical (unpaired) electrons. The second kappa shape index (κ2) is 8.06. The van der Waals surface area contributed by atoms with E-state index < -0.39 is 5.97 Å². The number of fused-ring (bicyclic) bond motifs is 1. The molecule has 3 rings (SSSR count). The molecule has 1 aliphatic heterocycles. The molecular weight excluding hydrogens is 368 g/mol. The highest BCUT2D eigenvalue weighted by atomic mass is 32.1. The SMILES string of the molecule is COCC(C)OC(=O)CN1C(=O)COc2ccc(-c3nc(C)sc3C)cc21. The summed E-state index contributed by atoms with van der Waals surface area (Å²) in [5, 5.41) is 0.972. The quantitative estimate of drug-likeness (QED) is 0.706. The van der Waals surface area contributed by atoms with Crippen molar-refractivity contribution in [2.24, 2.45) is 0 Å². The Labute approximate surface area is 161 Å². The lowest BCUT2D eigenvalue weighted by Gasteiger charge is -2.29. The van der Waals surface area contributed by atoms with Crippen LogP contribution in [0.5, 0.6) is 5.75 Å². The van der Waals surface area contributed by atoms with Gasteiger partial charge in [-0.05, 0) is 39.0 Å². The highest BCUT2D eigenvalue weighted by molar-refractivity contribution is 7.11. The van der Waals surface area contributed by atoms with Crippen molar-refractivity contribution >= 4 is 28.9 Å². The van der Waals surface area contributed by atoms with Gasteiger partial charge in [-0.2, -0.15) is 0 Å². The van der Waals surface area contributed by atoms with Crippen molar-refractivity contribution in [3.63, 3.8) is 0 Å². The zero-order valence-electron chi connectivity index (χ0n) is 15.8. The van der Waals surface area contributed by atoms with Crippen molar-refractivity contribution in [3.8, 4) is 17.0 Å². The van der Waals surface area contributed by atoms with Crippen LogP contribution in [0.15, 0.2) is 18.2 Å². The number of hydrogen-bond acceptors (Lipinski definition) is 7. The number of methoxy groups -OCH3 is 1. The number of carbonyl (C=O) groups is 2. The molecule has 0 saturated carbocycles. The van der Waals surface area contributed by atoms with E-state index in [1.165, 1.54) is 12.0 Å². The number of hydrogen-bond donors (Lipinski definition) is 0. The Morgan fingerprint density at radius 3 is 2.85 bits per heavy atom. The second-order valence-electron chi connectivity index (χ2n) is 6.34. The van der Waals surface area contributed by atoms with Crippen LogP contribution < -0.4 is 9.64 Å². The molecule has 0 saturated heterocycles. The summed E-state index contributed by atoms with van der Waals surface area (Å²) >= 11 is 1.62. The number of rotatable bonds is 6. The first kappa shape index (κ1) is 19.3. The fraction of sp³-hybridized carbons (Fsp3) is 0.421. The predicted octanol–water partition coefficient (Wildman–Crippen LogP) is 2.73. The van der Waals surface area contributed by atoms with Gasteiger partial charge in [0.25, 0.3) is 5.91 Å². The number of nitrogens with zero attached hydrogens (tertiary/aromatic N) is 2. The zero-order valence-corrected chi connectivity index (χ0v) is 16.6. The van der Waals surface area contributed by atoms with Gasteiger partial charge >= 0.3 is 5.97 Å². The molecule has 27 heavy (non-hydrogen) atoms. The third kappa shape index (κ3) is 4.28. The van der Waals surface area contributed by atoms with Crippen molar-refractivity contribution < 1.29 is 23.8 Å². The maximum atomic E-state index is 12.4. The highest BCUT2D eigenvalue weighted by Gasteiger charge is 2.29. The van der Waals surface area contributed by atoms with Crippen LogP contribution in [0.3, 0.4) is 0 Å². The predicted molar refractivity (Wildman–Crippen MR) is 102 cm³/mol. The van der Waals surface area contributed by atoms with Crippen LogP contribution in [0.1, 0.15) is 16.8 Å². The number of carbonyl (C=O) groups excluding carboxylic acids is 2. The maximum Gasteiger partial charge on any atom is 0.326 e. The zero-order chi connectivity index (χ0) is 19.6. The summed E-state index contributed by atoms with van der Waals surface area (Å²) in [4.78, 5) is 31.7. The second-order valence-corrected chi connectivity index (χ2v) is 7.75. The van der Waals surface area contributed by atoms with E-state index in [4.69, 9.17) is 14.2 Å². The van der Waals surface area contributed by atoms with Crippen molar-refractivity contribution in [3.05, 3.63) is 28.1 Å².